The van der Waals surface area contributed by atoms with Gasteiger partial charge in [0.05, 0.1) is 22.1 Å². The molecule has 9 aromatic carbocycles. The largest absolute Gasteiger partial charge is 0.309 e. The van der Waals surface area contributed by atoms with E-state index in [-0.39, 0.29) is 0 Å². The lowest BCUT2D eigenvalue weighted by Gasteiger charge is -2.12. The SMILES string of the molecule is c1ccc(-c2ccc(-n3c4ccccc4c4cc5c(cc43)c3cccc4c3c3c5cccc3n4-c3ccc(-c4ccccc4)cc3)cc2)cc1. The third-order valence-corrected chi connectivity index (χ3v) is 10.7. The summed E-state index contributed by atoms with van der Waals surface area (Å²) in [4.78, 5) is 0. The van der Waals surface area contributed by atoms with E-state index in [0.29, 0.717) is 0 Å². The number of nitrogens with zero attached hydrogens (tertiary/aromatic N) is 2. The summed E-state index contributed by atoms with van der Waals surface area (Å²) in [6.07, 6.45) is 0. The topological polar surface area (TPSA) is 9.86 Å². The summed E-state index contributed by atoms with van der Waals surface area (Å²) in [5.74, 6) is 0. The van der Waals surface area contributed by atoms with Gasteiger partial charge >= 0.3 is 0 Å². The van der Waals surface area contributed by atoms with Crippen molar-refractivity contribution in [2.45, 2.75) is 0 Å². The van der Waals surface area contributed by atoms with Crippen LogP contribution in [0.4, 0.5) is 0 Å². The van der Waals surface area contributed by atoms with Crippen molar-refractivity contribution in [3.63, 3.8) is 0 Å². The van der Waals surface area contributed by atoms with Crippen LogP contribution in [-0.2, 0) is 0 Å². The summed E-state index contributed by atoms with van der Waals surface area (Å²) in [6.45, 7) is 0. The van der Waals surface area contributed by atoms with E-state index in [0.717, 1.165) is 5.69 Å². The Morgan fingerprint density at radius 2 is 0.660 bits per heavy atom. The van der Waals surface area contributed by atoms with Crippen LogP contribution in [0.2, 0.25) is 0 Å². The Kier molecular flexibility index (Phi) is 5.70. The highest BCUT2D eigenvalue weighted by Gasteiger charge is 2.21. The molecule has 0 fully saturated rings. The van der Waals surface area contributed by atoms with Crippen LogP contribution < -0.4 is 0 Å². The van der Waals surface area contributed by atoms with Crippen molar-refractivity contribution in [1.82, 2.24) is 9.13 Å². The van der Waals surface area contributed by atoms with Crippen LogP contribution in [0.25, 0.3) is 98.8 Å². The fraction of sp³-hybridized carbons (Fsp3) is 0. The fourth-order valence-electron chi connectivity index (χ4n) is 8.44. The Hall–Kier alpha value is -6.64. The van der Waals surface area contributed by atoms with E-state index in [9.17, 15) is 0 Å². The van der Waals surface area contributed by atoms with Crippen LogP contribution in [0.1, 0.15) is 0 Å². The second-order valence-corrected chi connectivity index (χ2v) is 13.3. The molecule has 0 radical (unpaired) electrons. The normalized spacial score (nSPS) is 12.0. The summed E-state index contributed by atoms with van der Waals surface area (Å²) in [5.41, 5.74) is 12.2. The molecular weight excluding hydrogens is 605 g/mol. The molecule has 2 heteroatoms. The first-order chi connectivity index (χ1) is 24.8. The molecule has 11 rings (SSSR count). The van der Waals surface area contributed by atoms with Gasteiger partial charge in [0.2, 0.25) is 0 Å². The van der Waals surface area contributed by atoms with E-state index in [1.807, 2.05) is 0 Å². The third-order valence-electron chi connectivity index (χ3n) is 10.7. The predicted octanol–water partition coefficient (Wildman–Crippen LogP) is 13.0. The van der Waals surface area contributed by atoms with Crippen LogP contribution in [0.5, 0.6) is 0 Å². The Labute approximate surface area is 289 Å². The van der Waals surface area contributed by atoms with Gasteiger partial charge in [0.15, 0.2) is 0 Å². The summed E-state index contributed by atoms with van der Waals surface area (Å²) in [6, 6.07) is 66.6. The first-order valence-electron chi connectivity index (χ1n) is 17.3. The van der Waals surface area contributed by atoms with Gasteiger partial charge in [-0.2, -0.15) is 0 Å². The molecule has 0 spiro atoms. The molecule has 0 N–H and O–H groups in total. The van der Waals surface area contributed by atoms with Crippen LogP contribution in [-0.4, -0.2) is 9.13 Å². The molecule has 2 aromatic heterocycles. The molecule has 0 aliphatic carbocycles. The van der Waals surface area contributed by atoms with E-state index in [4.69, 9.17) is 0 Å². The quantitative estimate of drug-likeness (QED) is 0.171. The van der Waals surface area contributed by atoms with Crippen molar-refractivity contribution in [1.29, 1.82) is 0 Å². The molecule has 0 aliphatic rings. The lowest BCUT2D eigenvalue weighted by atomic mass is 9.93. The number of hydrogen-bond acceptors (Lipinski definition) is 0. The zero-order valence-corrected chi connectivity index (χ0v) is 27.2. The summed E-state index contributed by atoms with van der Waals surface area (Å²) < 4.78 is 4.89. The first-order valence-corrected chi connectivity index (χ1v) is 17.3. The molecule has 0 unspecified atom stereocenters. The summed E-state index contributed by atoms with van der Waals surface area (Å²) in [7, 11) is 0. The van der Waals surface area contributed by atoms with E-state index in [1.54, 1.807) is 0 Å². The molecule has 2 nitrogen and oxygen atoms in total. The molecule has 0 aliphatic heterocycles. The molecule has 0 bridgehead atoms. The fourth-order valence-corrected chi connectivity index (χ4v) is 8.44. The maximum Gasteiger partial charge on any atom is 0.0547 e. The predicted molar refractivity (Wildman–Crippen MR) is 212 cm³/mol. The van der Waals surface area contributed by atoms with E-state index in [2.05, 4.69) is 191 Å². The third kappa shape index (κ3) is 3.85. The average molecular weight is 635 g/mol. The lowest BCUT2D eigenvalue weighted by Crippen LogP contribution is -1.94. The van der Waals surface area contributed by atoms with Gasteiger partial charge in [-0.1, -0.05) is 127 Å². The number of para-hydroxylation sites is 1. The molecule has 11 aromatic rings. The van der Waals surface area contributed by atoms with Gasteiger partial charge in [0, 0.05) is 32.9 Å². The molecule has 232 valence electrons. The summed E-state index contributed by atoms with van der Waals surface area (Å²) in [5, 5.41) is 10.4. The van der Waals surface area contributed by atoms with Gasteiger partial charge in [-0.3, -0.25) is 0 Å². The van der Waals surface area contributed by atoms with Gasteiger partial charge in [-0.15, -0.1) is 0 Å². The van der Waals surface area contributed by atoms with Crippen molar-refractivity contribution in [2.24, 2.45) is 0 Å². The molecular formula is C48H30N2. The Morgan fingerprint density at radius 1 is 0.240 bits per heavy atom. The van der Waals surface area contributed by atoms with Crippen molar-refractivity contribution in [2.75, 3.05) is 0 Å². The van der Waals surface area contributed by atoms with Gasteiger partial charge in [0.1, 0.15) is 0 Å². The monoisotopic (exact) mass is 634 g/mol. The minimum Gasteiger partial charge on any atom is -0.309 e. The molecule has 0 atom stereocenters. The number of aromatic nitrogens is 2. The highest BCUT2D eigenvalue weighted by atomic mass is 15.0. The number of fused-ring (bicyclic) bond motifs is 6. The number of benzene rings is 9. The lowest BCUT2D eigenvalue weighted by molar-refractivity contribution is 1.18. The van der Waals surface area contributed by atoms with Crippen molar-refractivity contribution in [3.8, 4) is 33.6 Å². The molecule has 0 amide bonds. The summed E-state index contributed by atoms with van der Waals surface area (Å²) >= 11 is 0. The van der Waals surface area contributed by atoms with Crippen LogP contribution >= 0.6 is 0 Å². The van der Waals surface area contributed by atoms with Crippen LogP contribution in [0, 0.1) is 0 Å². The molecule has 0 saturated heterocycles. The maximum absolute atomic E-state index is 2.45. The number of rotatable bonds is 4. The minimum atomic E-state index is 1.16. The van der Waals surface area contributed by atoms with Crippen LogP contribution in [0.3, 0.4) is 0 Å². The van der Waals surface area contributed by atoms with Crippen molar-refractivity contribution < 1.29 is 0 Å². The second-order valence-electron chi connectivity index (χ2n) is 13.3. The molecule has 0 saturated carbocycles. The highest BCUT2D eigenvalue weighted by Crippen LogP contribution is 2.46. The first kappa shape index (κ1) is 27.3. The second kappa shape index (κ2) is 10.4. The van der Waals surface area contributed by atoms with E-state index >= 15 is 0 Å². The Bertz CT molecular complexity index is 3040. The molecule has 50 heavy (non-hydrogen) atoms. The zero-order valence-electron chi connectivity index (χ0n) is 27.2. The Morgan fingerprint density at radius 3 is 1.22 bits per heavy atom. The zero-order chi connectivity index (χ0) is 32.8. The standard InChI is InChI=1S/C48H30N2/c1-3-11-31(12-4-1)33-21-25-35(26-22-33)49-43-18-8-7-15-37(43)42-29-40-38-16-9-19-44-47(38)48-39(41(40)30-46(42)49)17-10-20-45(48)50(44)36-27-23-34(24-28-36)32-13-5-2-6-14-32/h1-30H. The highest BCUT2D eigenvalue weighted by molar-refractivity contribution is 6.36. The van der Waals surface area contributed by atoms with Gasteiger partial charge in [-0.05, 0) is 98.4 Å². The molecule has 2 heterocycles. The van der Waals surface area contributed by atoms with E-state index < -0.39 is 0 Å². The Balaban J connectivity index is 1.18. The van der Waals surface area contributed by atoms with Crippen molar-refractivity contribution >= 4 is 65.2 Å². The van der Waals surface area contributed by atoms with Gasteiger partial charge in [-0.25, -0.2) is 0 Å². The van der Waals surface area contributed by atoms with Gasteiger partial charge in [0.25, 0.3) is 0 Å². The van der Waals surface area contributed by atoms with Gasteiger partial charge < -0.3 is 9.13 Å². The average Bonchev–Trinajstić information content (AvgIpc) is 3.71. The minimum absolute atomic E-state index is 1.16. The smallest absolute Gasteiger partial charge is 0.0547 e. The van der Waals surface area contributed by atoms with E-state index in [1.165, 1.54) is 93.1 Å². The van der Waals surface area contributed by atoms with Crippen molar-refractivity contribution in [3.05, 3.63) is 182 Å². The number of hydrogen-bond donors (Lipinski definition) is 0. The van der Waals surface area contributed by atoms with Crippen LogP contribution in [0.15, 0.2) is 182 Å². The maximum atomic E-state index is 2.45.